The second kappa shape index (κ2) is 7.94. The monoisotopic (exact) mass is 309 g/mol. The van der Waals surface area contributed by atoms with Crippen molar-refractivity contribution in [3.05, 3.63) is 77.5 Å². The molecule has 2 rings (SSSR count). The third-order valence-electron chi connectivity index (χ3n) is 3.14. The molecule has 0 aromatic heterocycles. The van der Waals surface area contributed by atoms with Crippen molar-refractivity contribution in [3.8, 4) is 0 Å². The summed E-state index contributed by atoms with van der Waals surface area (Å²) in [5.41, 5.74) is 2.67. The van der Waals surface area contributed by atoms with Gasteiger partial charge in [0.15, 0.2) is 5.78 Å². The van der Waals surface area contributed by atoms with Crippen LogP contribution in [0.2, 0.25) is 0 Å². The zero-order valence-electron chi connectivity index (χ0n) is 13.2. The highest BCUT2D eigenvalue weighted by atomic mass is 16.5. The number of hydrogen-bond donors (Lipinski definition) is 1. The van der Waals surface area contributed by atoms with Gasteiger partial charge in [0.2, 0.25) is 0 Å². The van der Waals surface area contributed by atoms with Gasteiger partial charge in [0.25, 0.3) is 0 Å². The predicted molar refractivity (Wildman–Crippen MR) is 90.6 cm³/mol. The molecule has 0 bridgehead atoms. The van der Waals surface area contributed by atoms with Gasteiger partial charge in [0.05, 0.1) is 12.2 Å². The quantitative estimate of drug-likeness (QED) is 0.496. The zero-order valence-corrected chi connectivity index (χ0v) is 13.2. The van der Waals surface area contributed by atoms with E-state index in [1.807, 2.05) is 25.1 Å². The molecule has 118 valence electrons. The molecular weight excluding hydrogens is 290 g/mol. The Hall–Kier alpha value is -2.88. The Bertz CT molecular complexity index is 703. The summed E-state index contributed by atoms with van der Waals surface area (Å²) >= 11 is 0. The van der Waals surface area contributed by atoms with E-state index in [0.29, 0.717) is 17.7 Å². The number of carbonyl (C=O) groups excluding carboxylic acids is 2. The minimum atomic E-state index is -0.342. The van der Waals surface area contributed by atoms with Crippen LogP contribution in [0, 0.1) is 0 Å². The summed E-state index contributed by atoms with van der Waals surface area (Å²) < 4.78 is 4.94. The van der Waals surface area contributed by atoms with Crippen LogP contribution >= 0.6 is 0 Å². The molecule has 0 saturated carbocycles. The van der Waals surface area contributed by atoms with Crippen LogP contribution in [0.5, 0.6) is 0 Å². The van der Waals surface area contributed by atoms with E-state index < -0.39 is 0 Å². The van der Waals surface area contributed by atoms with Crippen LogP contribution in [0.25, 0.3) is 0 Å². The van der Waals surface area contributed by atoms with Crippen LogP contribution in [-0.4, -0.2) is 18.4 Å². The molecule has 0 spiro atoms. The first-order valence-corrected chi connectivity index (χ1v) is 7.42. The molecule has 0 aliphatic rings. The van der Waals surface area contributed by atoms with Crippen LogP contribution in [0.4, 0.5) is 5.69 Å². The normalized spacial score (nSPS) is 11.0. The summed E-state index contributed by atoms with van der Waals surface area (Å²) in [6.45, 7) is 3.94. The summed E-state index contributed by atoms with van der Waals surface area (Å²) in [7, 11) is 0. The van der Waals surface area contributed by atoms with Gasteiger partial charge in [-0.2, -0.15) is 0 Å². The summed E-state index contributed by atoms with van der Waals surface area (Å²) in [6.07, 6.45) is 1.55. The van der Waals surface area contributed by atoms with E-state index in [4.69, 9.17) is 4.74 Å². The maximum absolute atomic E-state index is 12.1. The summed E-state index contributed by atoms with van der Waals surface area (Å²) in [5.74, 6) is -0.399. The Kier molecular flexibility index (Phi) is 5.69. The number of rotatable bonds is 6. The van der Waals surface area contributed by atoms with Gasteiger partial charge >= 0.3 is 5.97 Å². The van der Waals surface area contributed by atoms with E-state index in [1.54, 1.807) is 49.4 Å². The molecule has 2 aromatic carbocycles. The van der Waals surface area contributed by atoms with E-state index in [1.165, 1.54) is 0 Å². The molecule has 0 amide bonds. The first-order chi connectivity index (χ1) is 11.1. The SMILES string of the molecule is CCOC(=O)c1ccc(N/C(C)=C/C(=O)c2ccccc2)cc1. The number of allylic oxidation sites excluding steroid dienone is 2. The summed E-state index contributed by atoms with van der Waals surface area (Å²) in [4.78, 5) is 23.7. The van der Waals surface area contributed by atoms with E-state index >= 15 is 0 Å². The topological polar surface area (TPSA) is 55.4 Å². The lowest BCUT2D eigenvalue weighted by atomic mass is 10.1. The maximum atomic E-state index is 12.1. The lowest BCUT2D eigenvalue weighted by Gasteiger charge is -2.07. The van der Waals surface area contributed by atoms with Gasteiger partial charge in [-0.1, -0.05) is 30.3 Å². The maximum Gasteiger partial charge on any atom is 0.338 e. The molecule has 0 fully saturated rings. The van der Waals surface area contributed by atoms with Crippen LogP contribution in [0.1, 0.15) is 34.6 Å². The lowest BCUT2D eigenvalue weighted by Crippen LogP contribution is -2.05. The first kappa shape index (κ1) is 16.5. The van der Waals surface area contributed by atoms with Crippen molar-refractivity contribution in [1.29, 1.82) is 0 Å². The predicted octanol–water partition coefficient (Wildman–Crippen LogP) is 4.06. The van der Waals surface area contributed by atoms with Crippen molar-refractivity contribution in [2.24, 2.45) is 0 Å². The Morgan fingerprint density at radius 2 is 1.65 bits per heavy atom. The third-order valence-corrected chi connectivity index (χ3v) is 3.14. The molecule has 1 N–H and O–H groups in total. The van der Waals surface area contributed by atoms with E-state index in [0.717, 1.165) is 11.4 Å². The average Bonchev–Trinajstić information content (AvgIpc) is 2.56. The molecule has 23 heavy (non-hydrogen) atoms. The molecule has 0 saturated heterocycles. The summed E-state index contributed by atoms with van der Waals surface area (Å²) in [6, 6.07) is 16.0. The van der Waals surface area contributed by atoms with Crippen molar-refractivity contribution in [2.45, 2.75) is 13.8 Å². The number of ether oxygens (including phenoxy) is 1. The number of anilines is 1. The number of carbonyl (C=O) groups is 2. The fourth-order valence-corrected chi connectivity index (χ4v) is 2.05. The number of hydrogen-bond acceptors (Lipinski definition) is 4. The van der Waals surface area contributed by atoms with Crippen molar-refractivity contribution in [3.63, 3.8) is 0 Å². The van der Waals surface area contributed by atoms with Gasteiger partial charge in [-0.15, -0.1) is 0 Å². The average molecular weight is 309 g/mol. The van der Waals surface area contributed by atoms with E-state index in [2.05, 4.69) is 5.32 Å². The smallest absolute Gasteiger partial charge is 0.338 e. The number of esters is 1. The Morgan fingerprint density at radius 3 is 2.26 bits per heavy atom. The van der Waals surface area contributed by atoms with Gasteiger partial charge in [0, 0.05) is 23.0 Å². The first-order valence-electron chi connectivity index (χ1n) is 7.42. The molecule has 0 atom stereocenters. The van der Waals surface area contributed by atoms with Crippen LogP contribution in [0.3, 0.4) is 0 Å². The molecule has 4 nitrogen and oxygen atoms in total. The fraction of sp³-hybridized carbons (Fsp3) is 0.158. The largest absolute Gasteiger partial charge is 0.462 e. The Morgan fingerprint density at radius 1 is 1.00 bits per heavy atom. The second-order valence-electron chi connectivity index (χ2n) is 4.98. The number of nitrogens with one attached hydrogen (secondary N) is 1. The molecule has 0 aliphatic carbocycles. The van der Waals surface area contributed by atoms with Crippen LogP contribution < -0.4 is 5.32 Å². The molecule has 2 aromatic rings. The van der Waals surface area contributed by atoms with Crippen molar-refractivity contribution < 1.29 is 14.3 Å². The summed E-state index contributed by atoms with van der Waals surface area (Å²) in [5, 5.41) is 3.13. The van der Waals surface area contributed by atoms with Crippen LogP contribution in [0.15, 0.2) is 66.4 Å². The highest BCUT2D eigenvalue weighted by Crippen LogP contribution is 2.13. The van der Waals surface area contributed by atoms with Gasteiger partial charge < -0.3 is 10.1 Å². The highest BCUT2D eigenvalue weighted by molar-refractivity contribution is 6.05. The second-order valence-corrected chi connectivity index (χ2v) is 4.98. The Balaban J connectivity index is 2.02. The van der Waals surface area contributed by atoms with Crippen molar-refractivity contribution in [2.75, 3.05) is 11.9 Å². The third kappa shape index (κ3) is 4.81. The van der Waals surface area contributed by atoms with E-state index in [9.17, 15) is 9.59 Å². The fourth-order valence-electron chi connectivity index (χ4n) is 2.05. The molecule has 0 heterocycles. The minimum Gasteiger partial charge on any atom is -0.462 e. The molecule has 0 radical (unpaired) electrons. The molecule has 0 unspecified atom stereocenters. The van der Waals surface area contributed by atoms with Crippen molar-refractivity contribution in [1.82, 2.24) is 0 Å². The standard InChI is InChI=1S/C19H19NO3/c1-3-23-19(22)16-9-11-17(12-10-16)20-14(2)13-18(21)15-7-5-4-6-8-15/h4-13,20H,3H2,1-2H3/b14-13+. The molecular formula is C19H19NO3. The van der Waals surface area contributed by atoms with Gasteiger partial charge in [-0.3, -0.25) is 4.79 Å². The zero-order chi connectivity index (χ0) is 16.7. The minimum absolute atomic E-state index is 0.0567. The number of ketones is 1. The number of benzene rings is 2. The lowest BCUT2D eigenvalue weighted by molar-refractivity contribution is 0.0526. The molecule has 0 aliphatic heterocycles. The highest BCUT2D eigenvalue weighted by Gasteiger charge is 2.06. The van der Waals surface area contributed by atoms with Gasteiger partial charge in [0.1, 0.15) is 0 Å². The van der Waals surface area contributed by atoms with Gasteiger partial charge in [-0.25, -0.2) is 4.79 Å². The van der Waals surface area contributed by atoms with Crippen molar-refractivity contribution >= 4 is 17.4 Å². The molecule has 4 heteroatoms. The van der Waals surface area contributed by atoms with Gasteiger partial charge in [-0.05, 0) is 38.1 Å². The Labute approximate surface area is 135 Å². The van der Waals surface area contributed by atoms with Crippen LogP contribution in [-0.2, 0) is 4.74 Å². The van der Waals surface area contributed by atoms with E-state index in [-0.39, 0.29) is 11.8 Å².